The Morgan fingerprint density at radius 1 is 1.17 bits per heavy atom. The van der Waals surface area contributed by atoms with E-state index in [0.717, 1.165) is 16.2 Å². The van der Waals surface area contributed by atoms with Gasteiger partial charge >= 0.3 is 5.97 Å². The quantitative estimate of drug-likeness (QED) is 0.394. The zero-order valence-electron chi connectivity index (χ0n) is 16.1. The molecular formula is C22H21NO5S. The molecule has 0 aliphatic carbocycles. The number of rotatable bonds is 7. The van der Waals surface area contributed by atoms with Gasteiger partial charge in [-0.2, -0.15) is 0 Å². The molecule has 2 aromatic rings. The van der Waals surface area contributed by atoms with Crippen molar-refractivity contribution in [2.24, 2.45) is 0 Å². The number of imide groups is 1. The second-order valence-corrected chi connectivity index (χ2v) is 8.04. The Balaban J connectivity index is 1.37. The summed E-state index contributed by atoms with van der Waals surface area (Å²) in [5.74, 6) is 0.682. The molecule has 1 unspecified atom stereocenters. The van der Waals surface area contributed by atoms with Gasteiger partial charge in [0.05, 0.1) is 30.8 Å². The molecule has 29 heavy (non-hydrogen) atoms. The van der Waals surface area contributed by atoms with Crippen molar-refractivity contribution in [3.63, 3.8) is 0 Å². The van der Waals surface area contributed by atoms with Gasteiger partial charge in [0.15, 0.2) is 0 Å². The first-order valence-corrected chi connectivity index (χ1v) is 10.6. The van der Waals surface area contributed by atoms with E-state index in [1.807, 2.05) is 18.2 Å². The zero-order valence-corrected chi connectivity index (χ0v) is 16.9. The second kappa shape index (κ2) is 8.29. The van der Waals surface area contributed by atoms with Crippen molar-refractivity contribution in [2.75, 3.05) is 25.5 Å². The van der Waals surface area contributed by atoms with Gasteiger partial charge in [0.2, 0.25) is 0 Å². The molecule has 6 nitrogen and oxygen atoms in total. The number of amides is 2. The normalized spacial score (nSPS) is 17.1. The predicted octanol–water partition coefficient (Wildman–Crippen LogP) is 3.50. The van der Waals surface area contributed by atoms with Crippen molar-refractivity contribution in [2.45, 2.75) is 24.2 Å². The van der Waals surface area contributed by atoms with Crippen molar-refractivity contribution in [3.8, 4) is 5.75 Å². The van der Waals surface area contributed by atoms with Crippen LogP contribution >= 0.6 is 11.8 Å². The van der Waals surface area contributed by atoms with E-state index < -0.39 is 0 Å². The first-order chi connectivity index (χ1) is 14.1. The zero-order chi connectivity index (χ0) is 20.4. The predicted molar refractivity (Wildman–Crippen MR) is 108 cm³/mol. The number of thioether (sulfide) groups is 1. The van der Waals surface area contributed by atoms with Crippen LogP contribution in [0, 0.1) is 0 Å². The highest BCUT2D eigenvalue weighted by atomic mass is 32.2. The second-order valence-electron chi connectivity index (χ2n) is 6.87. The average Bonchev–Trinajstić information content (AvgIpc) is 3.22. The Morgan fingerprint density at radius 3 is 2.59 bits per heavy atom. The number of ether oxygens (including phenoxy) is 2. The van der Waals surface area contributed by atoms with Gasteiger partial charge in [0, 0.05) is 28.7 Å². The average molecular weight is 411 g/mol. The van der Waals surface area contributed by atoms with Gasteiger partial charge in [-0.1, -0.05) is 12.1 Å². The smallest absolute Gasteiger partial charge is 0.306 e. The lowest BCUT2D eigenvalue weighted by Gasteiger charge is -2.14. The van der Waals surface area contributed by atoms with E-state index in [-0.39, 0.29) is 23.7 Å². The summed E-state index contributed by atoms with van der Waals surface area (Å²) >= 11 is 1.57. The third kappa shape index (κ3) is 3.87. The van der Waals surface area contributed by atoms with Gasteiger partial charge in [-0.15, -0.1) is 11.8 Å². The third-order valence-corrected chi connectivity index (χ3v) is 6.02. The molecule has 1 atom stereocenters. The molecule has 4 rings (SSSR count). The summed E-state index contributed by atoms with van der Waals surface area (Å²) < 4.78 is 10.7. The van der Waals surface area contributed by atoms with Crippen molar-refractivity contribution in [3.05, 3.63) is 59.2 Å². The van der Waals surface area contributed by atoms with Gasteiger partial charge in [-0.05, 0) is 37.3 Å². The van der Waals surface area contributed by atoms with E-state index in [1.54, 1.807) is 43.0 Å². The minimum Gasteiger partial charge on any atom is -0.493 e. The fraction of sp³-hybridized carbons (Fsp3) is 0.318. The summed E-state index contributed by atoms with van der Waals surface area (Å²) in [4.78, 5) is 39.0. The van der Waals surface area contributed by atoms with E-state index in [2.05, 4.69) is 0 Å². The van der Waals surface area contributed by atoms with Crippen LogP contribution in [0.15, 0.2) is 47.4 Å². The molecule has 0 N–H and O–H groups in total. The molecule has 2 aliphatic rings. The number of benzene rings is 2. The van der Waals surface area contributed by atoms with Crippen LogP contribution in [0.2, 0.25) is 0 Å². The third-order valence-electron chi connectivity index (χ3n) is 5.04. The fourth-order valence-electron chi connectivity index (χ4n) is 3.63. The number of fused-ring (bicyclic) bond motifs is 2. The van der Waals surface area contributed by atoms with Gasteiger partial charge in [-0.25, -0.2) is 0 Å². The number of carbonyl (C=O) groups is 3. The number of nitrogens with zero attached hydrogens (tertiary/aromatic N) is 1. The number of hydrogen-bond acceptors (Lipinski definition) is 6. The first-order valence-electron chi connectivity index (χ1n) is 9.59. The van der Waals surface area contributed by atoms with Crippen LogP contribution in [0.3, 0.4) is 0 Å². The Labute approximate surface area is 173 Å². The Bertz CT molecular complexity index is 938. The maximum absolute atomic E-state index is 12.4. The van der Waals surface area contributed by atoms with E-state index in [9.17, 15) is 14.4 Å². The van der Waals surface area contributed by atoms with Gasteiger partial charge in [0.25, 0.3) is 11.8 Å². The molecule has 0 bridgehead atoms. The van der Waals surface area contributed by atoms with Crippen molar-refractivity contribution < 1.29 is 23.9 Å². The highest BCUT2D eigenvalue weighted by molar-refractivity contribution is 7.99. The van der Waals surface area contributed by atoms with E-state index in [0.29, 0.717) is 43.1 Å². The van der Waals surface area contributed by atoms with Gasteiger partial charge < -0.3 is 9.47 Å². The molecule has 150 valence electrons. The molecule has 0 aromatic heterocycles. The lowest BCUT2D eigenvalue weighted by atomic mass is 9.98. The van der Waals surface area contributed by atoms with Crippen LogP contribution < -0.4 is 4.74 Å². The summed E-state index contributed by atoms with van der Waals surface area (Å²) in [5, 5.41) is 0. The van der Waals surface area contributed by atoms with Crippen LogP contribution in [0.25, 0.3) is 0 Å². The monoisotopic (exact) mass is 411 g/mol. The van der Waals surface area contributed by atoms with Gasteiger partial charge in [0.1, 0.15) is 5.75 Å². The van der Waals surface area contributed by atoms with Crippen LogP contribution in [0.1, 0.15) is 45.5 Å². The van der Waals surface area contributed by atoms with Crippen LogP contribution in [0.4, 0.5) is 0 Å². The van der Waals surface area contributed by atoms with E-state index in [1.165, 1.54) is 4.90 Å². The van der Waals surface area contributed by atoms with Crippen molar-refractivity contribution >= 4 is 29.5 Å². The summed E-state index contributed by atoms with van der Waals surface area (Å²) in [6, 6.07) is 12.8. The number of hydrogen-bond donors (Lipinski definition) is 0. The van der Waals surface area contributed by atoms with Gasteiger partial charge in [-0.3, -0.25) is 19.3 Å². The molecule has 0 saturated heterocycles. The lowest BCUT2D eigenvalue weighted by molar-refractivity contribution is -0.143. The Kier molecular flexibility index (Phi) is 5.58. The summed E-state index contributed by atoms with van der Waals surface area (Å²) in [5.41, 5.74) is 1.95. The lowest BCUT2D eigenvalue weighted by Crippen LogP contribution is -2.31. The molecule has 0 spiro atoms. The molecule has 2 amide bonds. The highest BCUT2D eigenvalue weighted by Gasteiger charge is 2.34. The largest absolute Gasteiger partial charge is 0.493 e. The minimum atomic E-state index is -0.233. The van der Waals surface area contributed by atoms with E-state index >= 15 is 0 Å². The van der Waals surface area contributed by atoms with Crippen molar-refractivity contribution in [1.82, 2.24) is 4.90 Å². The first kappa shape index (κ1) is 19.5. The number of carbonyl (C=O) groups excluding carboxylic acids is 3. The summed E-state index contributed by atoms with van der Waals surface area (Å²) in [6.07, 6.45) is 0.296. The summed E-state index contributed by atoms with van der Waals surface area (Å²) in [7, 11) is 0. The highest BCUT2D eigenvalue weighted by Crippen LogP contribution is 2.38. The molecule has 0 fully saturated rings. The van der Waals surface area contributed by atoms with Crippen molar-refractivity contribution in [1.29, 1.82) is 0 Å². The molecule has 2 aliphatic heterocycles. The molecule has 2 aromatic carbocycles. The Hall–Kier alpha value is -2.80. The topological polar surface area (TPSA) is 72.9 Å². The molecule has 0 radical (unpaired) electrons. The maximum atomic E-state index is 12.4. The maximum Gasteiger partial charge on any atom is 0.306 e. The number of esters is 1. The molecular weight excluding hydrogens is 390 g/mol. The van der Waals surface area contributed by atoms with Crippen LogP contribution in [0.5, 0.6) is 5.75 Å². The van der Waals surface area contributed by atoms with E-state index in [4.69, 9.17) is 9.47 Å². The van der Waals surface area contributed by atoms with Crippen LogP contribution in [-0.2, 0) is 9.53 Å². The SMILES string of the molecule is CCOC(=O)CC1COc2ccc(SCCN3C(=O)c4ccccc4C3=O)cc21. The Morgan fingerprint density at radius 2 is 1.90 bits per heavy atom. The fourth-order valence-corrected chi connectivity index (χ4v) is 4.52. The minimum absolute atomic E-state index is 0.0131. The molecule has 2 heterocycles. The molecule has 0 saturated carbocycles. The molecule has 7 heteroatoms. The summed E-state index contributed by atoms with van der Waals surface area (Å²) in [6.45, 7) is 2.97. The standard InChI is InChI=1S/C22H21NO5S/c1-2-27-20(24)11-14-13-28-19-8-7-15(12-18(14)19)29-10-9-23-21(25)16-5-3-4-6-17(16)22(23)26/h3-8,12,14H,2,9-11,13H2,1H3. The van der Waals surface area contributed by atoms with Crippen LogP contribution in [-0.4, -0.2) is 48.2 Å².